The van der Waals surface area contributed by atoms with Crippen molar-refractivity contribution in [3.63, 3.8) is 0 Å². The minimum absolute atomic E-state index is 0.467. The molecule has 2 heteroatoms. The minimum atomic E-state index is 0.467. The zero-order valence-electron chi connectivity index (χ0n) is 12.0. The van der Waals surface area contributed by atoms with Gasteiger partial charge in [-0.2, -0.15) is 0 Å². The first-order valence-electron chi connectivity index (χ1n) is 7.31. The van der Waals surface area contributed by atoms with Crippen molar-refractivity contribution in [2.45, 2.75) is 25.8 Å². The maximum absolute atomic E-state index is 5.71. The van der Waals surface area contributed by atoms with Gasteiger partial charge in [0.05, 0.1) is 7.11 Å². The van der Waals surface area contributed by atoms with Crippen LogP contribution in [0.3, 0.4) is 0 Å². The maximum atomic E-state index is 5.71. The van der Waals surface area contributed by atoms with Crippen LogP contribution in [0.15, 0.2) is 30.3 Å². The Labute approximate surface area is 119 Å². The highest BCUT2D eigenvalue weighted by Crippen LogP contribution is 2.46. The Morgan fingerprint density at radius 2 is 2.05 bits per heavy atom. The van der Waals surface area contributed by atoms with Crippen LogP contribution in [0.25, 0.3) is 11.1 Å². The second-order valence-electron chi connectivity index (χ2n) is 5.79. The average molecular weight is 265 g/mol. The molecular weight excluding hydrogens is 246 g/mol. The normalized spacial score (nSPS) is 19.2. The summed E-state index contributed by atoms with van der Waals surface area (Å²) in [6.07, 6.45) is 2.19. The van der Waals surface area contributed by atoms with Crippen molar-refractivity contribution in [2.24, 2.45) is 0 Å². The van der Waals surface area contributed by atoms with Crippen LogP contribution in [0.4, 0.5) is 0 Å². The van der Waals surface area contributed by atoms with Crippen LogP contribution in [0.2, 0.25) is 0 Å². The summed E-state index contributed by atoms with van der Waals surface area (Å²) in [6, 6.07) is 11.6. The predicted octanol–water partition coefficient (Wildman–Crippen LogP) is 3.41. The first-order chi connectivity index (χ1) is 9.79. The molecular formula is C18H19NO. The fourth-order valence-electron chi connectivity index (χ4n) is 3.79. The van der Waals surface area contributed by atoms with Crippen molar-refractivity contribution >= 4 is 0 Å². The van der Waals surface area contributed by atoms with E-state index in [1.807, 2.05) is 0 Å². The van der Waals surface area contributed by atoms with Crippen LogP contribution in [-0.2, 0) is 12.8 Å². The van der Waals surface area contributed by atoms with Crippen LogP contribution < -0.4 is 10.1 Å². The lowest BCUT2D eigenvalue weighted by molar-refractivity contribution is 0.411. The second kappa shape index (κ2) is 4.35. The van der Waals surface area contributed by atoms with E-state index in [9.17, 15) is 0 Å². The second-order valence-corrected chi connectivity index (χ2v) is 5.79. The molecule has 1 aliphatic heterocycles. The Morgan fingerprint density at radius 1 is 1.15 bits per heavy atom. The Bertz CT molecular complexity index is 690. The van der Waals surface area contributed by atoms with E-state index in [1.165, 1.54) is 33.4 Å². The molecule has 0 unspecified atom stereocenters. The van der Waals surface area contributed by atoms with Crippen molar-refractivity contribution in [1.82, 2.24) is 5.32 Å². The van der Waals surface area contributed by atoms with Gasteiger partial charge in [0.15, 0.2) is 0 Å². The van der Waals surface area contributed by atoms with Gasteiger partial charge < -0.3 is 10.1 Å². The summed E-state index contributed by atoms with van der Waals surface area (Å²) in [4.78, 5) is 0. The first kappa shape index (κ1) is 12.0. The fourth-order valence-corrected chi connectivity index (χ4v) is 3.79. The quantitative estimate of drug-likeness (QED) is 0.853. The van der Waals surface area contributed by atoms with Crippen molar-refractivity contribution in [2.75, 3.05) is 13.7 Å². The van der Waals surface area contributed by atoms with Gasteiger partial charge in [0.25, 0.3) is 0 Å². The van der Waals surface area contributed by atoms with Gasteiger partial charge in [-0.05, 0) is 54.1 Å². The van der Waals surface area contributed by atoms with E-state index in [0.717, 1.165) is 25.1 Å². The highest BCUT2D eigenvalue weighted by atomic mass is 16.5. The topological polar surface area (TPSA) is 21.3 Å². The Hall–Kier alpha value is -1.80. The number of rotatable bonds is 1. The molecule has 102 valence electrons. The number of methoxy groups -OCH3 is 1. The molecule has 2 nitrogen and oxygen atoms in total. The van der Waals surface area contributed by atoms with Gasteiger partial charge in [0, 0.05) is 11.6 Å². The Kier molecular flexibility index (Phi) is 2.61. The lowest BCUT2D eigenvalue weighted by Crippen LogP contribution is -2.33. The van der Waals surface area contributed by atoms with E-state index < -0.39 is 0 Å². The monoisotopic (exact) mass is 265 g/mol. The smallest absolute Gasteiger partial charge is 0.129 e. The standard InChI is InChI=1S/C18H19NO/c1-11-6-7-13-10-15-16-12(8-9-19-15)4-3-5-14(16)17(13)18(11)20-2/h3-7,15,19H,8-10H2,1-2H3/t15-/m1/s1. The van der Waals surface area contributed by atoms with Crippen molar-refractivity contribution in [1.29, 1.82) is 0 Å². The van der Waals surface area contributed by atoms with Crippen LogP contribution in [0.1, 0.15) is 28.3 Å². The van der Waals surface area contributed by atoms with Gasteiger partial charge in [0.1, 0.15) is 5.75 Å². The van der Waals surface area contributed by atoms with E-state index in [2.05, 4.69) is 42.6 Å². The van der Waals surface area contributed by atoms with E-state index in [-0.39, 0.29) is 0 Å². The van der Waals surface area contributed by atoms with E-state index in [0.29, 0.717) is 6.04 Å². The minimum Gasteiger partial charge on any atom is -0.496 e. The van der Waals surface area contributed by atoms with Gasteiger partial charge in [0.2, 0.25) is 0 Å². The van der Waals surface area contributed by atoms with Crippen LogP contribution in [0.5, 0.6) is 5.75 Å². The molecule has 0 amide bonds. The number of hydrogen-bond acceptors (Lipinski definition) is 2. The zero-order valence-corrected chi connectivity index (χ0v) is 12.0. The summed E-state index contributed by atoms with van der Waals surface area (Å²) in [5.41, 5.74) is 8.28. The molecule has 0 aromatic heterocycles. The summed E-state index contributed by atoms with van der Waals surface area (Å²) in [5.74, 6) is 1.04. The molecule has 1 N–H and O–H groups in total. The summed E-state index contributed by atoms with van der Waals surface area (Å²) in [6.45, 7) is 3.21. The number of nitrogens with one attached hydrogen (secondary N) is 1. The number of benzene rings is 2. The van der Waals surface area contributed by atoms with Gasteiger partial charge in [-0.25, -0.2) is 0 Å². The van der Waals surface area contributed by atoms with Crippen molar-refractivity contribution in [3.05, 3.63) is 52.6 Å². The summed E-state index contributed by atoms with van der Waals surface area (Å²) in [5, 5.41) is 3.67. The molecule has 1 atom stereocenters. The third-order valence-corrected chi connectivity index (χ3v) is 4.67. The molecule has 0 radical (unpaired) electrons. The molecule has 0 fully saturated rings. The average Bonchev–Trinajstić information content (AvgIpc) is 2.48. The molecule has 2 aliphatic rings. The third-order valence-electron chi connectivity index (χ3n) is 4.67. The molecule has 0 spiro atoms. The molecule has 0 saturated carbocycles. The number of fused-ring (bicyclic) bond motifs is 2. The Morgan fingerprint density at radius 3 is 2.90 bits per heavy atom. The van der Waals surface area contributed by atoms with Gasteiger partial charge in [-0.15, -0.1) is 0 Å². The van der Waals surface area contributed by atoms with Crippen LogP contribution in [0, 0.1) is 6.92 Å². The van der Waals surface area contributed by atoms with Crippen LogP contribution in [-0.4, -0.2) is 13.7 Å². The summed E-state index contributed by atoms with van der Waals surface area (Å²) in [7, 11) is 1.78. The van der Waals surface area contributed by atoms with E-state index in [4.69, 9.17) is 4.74 Å². The molecule has 2 aromatic rings. The summed E-state index contributed by atoms with van der Waals surface area (Å²) >= 11 is 0. The molecule has 20 heavy (non-hydrogen) atoms. The molecule has 4 rings (SSSR count). The van der Waals surface area contributed by atoms with Gasteiger partial charge in [-0.1, -0.05) is 30.3 Å². The number of aryl methyl sites for hydroxylation is 1. The maximum Gasteiger partial charge on any atom is 0.129 e. The lowest BCUT2D eigenvalue weighted by Gasteiger charge is -2.35. The predicted molar refractivity (Wildman–Crippen MR) is 81.3 cm³/mol. The number of hydrogen-bond donors (Lipinski definition) is 1. The first-order valence-corrected chi connectivity index (χ1v) is 7.31. The lowest BCUT2D eigenvalue weighted by atomic mass is 9.77. The number of ether oxygens (including phenoxy) is 1. The zero-order chi connectivity index (χ0) is 13.7. The highest BCUT2D eigenvalue weighted by Gasteiger charge is 2.31. The fraction of sp³-hybridized carbons (Fsp3) is 0.333. The Balaban J connectivity index is 2.05. The molecule has 0 bridgehead atoms. The largest absolute Gasteiger partial charge is 0.496 e. The third kappa shape index (κ3) is 1.55. The van der Waals surface area contributed by atoms with E-state index in [1.54, 1.807) is 7.11 Å². The van der Waals surface area contributed by atoms with Crippen LogP contribution >= 0.6 is 0 Å². The van der Waals surface area contributed by atoms with Crippen molar-refractivity contribution in [3.8, 4) is 16.9 Å². The summed E-state index contributed by atoms with van der Waals surface area (Å²) < 4.78 is 5.71. The molecule has 1 aliphatic carbocycles. The SMILES string of the molecule is COc1c(C)ccc2c1-c1cccc3c1[C@@H](C2)NCC3. The van der Waals surface area contributed by atoms with E-state index >= 15 is 0 Å². The molecule has 1 heterocycles. The van der Waals surface area contributed by atoms with Crippen molar-refractivity contribution < 1.29 is 4.74 Å². The molecule has 2 aromatic carbocycles. The van der Waals surface area contributed by atoms with Gasteiger partial charge >= 0.3 is 0 Å². The highest BCUT2D eigenvalue weighted by molar-refractivity contribution is 5.81. The van der Waals surface area contributed by atoms with Gasteiger partial charge in [-0.3, -0.25) is 0 Å². The molecule has 0 saturated heterocycles.